The van der Waals surface area contributed by atoms with Crippen LogP contribution in [0.15, 0.2) is 33.7 Å². The summed E-state index contributed by atoms with van der Waals surface area (Å²) in [6.07, 6.45) is 1.20. The van der Waals surface area contributed by atoms with Gasteiger partial charge in [0, 0.05) is 48.9 Å². The van der Waals surface area contributed by atoms with Crippen LogP contribution < -0.4 is 0 Å². The number of aryl methyl sites for hydroxylation is 2. The predicted octanol–water partition coefficient (Wildman–Crippen LogP) is 2.88. The van der Waals surface area contributed by atoms with Crippen molar-refractivity contribution in [2.24, 2.45) is 0 Å². The summed E-state index contributed by atoms with van der Waals surface area (Å²) in [5, 5.41) is 15.1. The number of carbonyl (C=O) groups excluding carboxylic acids is 1. The average molecular weight is 446 g/mol. The van der Waals surface area contributed by atoms with Crippen LogP contribution in [-0.2, 0) is 10.5 Å². The van der Waals surface area contributed by atoms with E-state index in [9.17, 15) is 9.90 Å². The number of hydrogen-bond donors (Lipinski definition) is 1. The summed E-state index contributed by atoms with van der Waals surface area (Å²) in [5.74, 6) is 1.57. The van der Waals surface area contributed by atoms with Crippen molar-refractivity contribution in [2.45, 2.75) is 42.9 Å². The van der Waals surface area contributed by atoms with E-state index in [0.717, 1.165) is 53.8 Å². The molecule has 2 aliphatic rings. The lowest BCUT2D eigenvalue weighted by Gasteiger charge is -2.41. The van der Waals surface area contributed by atoms with E-state index in [1.165, 1.54) is 0 Å². The molecule has 8 heteroatoms. The molecule has 1 amide bonds. The Labute approximate surface area is 187 Å². The Balaban J connectivity index is 1.38. The van der Waals surface area contributed by atoms with E-state index in [1.54, 1.807) is 11.8 Å². The van der Waals surface area contributed by atoms with Crippen molar-refractivity contribution >= 4 is 17.7 Å². The Bertz CT molecular complexity index is 882. The third-order valence-electron chi connectivity index (χ3n) is 6.27. The molecule has 168 valence electrons. The minimum Gasteiger partial charge on any atom is -0.388 e. The first-order valence-corrected chi connectivity index (χ1v) is 11.9. The molecule has 0 aliphatic carbocycles. The van der Waals surface area contributed by atoms with Crippen molar-refractivity contribution < 1.29 is 19.2 Å². The number of morpholine rings is 1. The molecule has 2 fully saturated rings. The number of aromatic nitrogens is 1. The maximum absolute atomic E-state index is 13.3. The molecule has 0 saturated carbocycles. The average Bonchev–Trinajstić information content (AvgIpc) is 3.10. The van der Waals surface area contributed by atoms with Gasteiger partial charge in [-0.1, -0.05) is 17.3 Å². The predicted molar refractivity (Wildman–Crippen MR) is 119 cm³/mol. The van der Waals surface area contributed by atoms with E-state index in [0.29, 0.717) is 38.2 Å². The third-order valence-corrected chi connectivity index (χ3v) is 7.37. The van der Waals surface area contributed by atoms with Crippen LogP contribution in [0.2, 0.25) is 0 Å². The number of likely N-dealkylation sites (tertiary alicyclic amines) is 1. The van der Waals surface area contributed by atoms with Gasteiger partial charge in [0.05, 0.1) is 30.1 Å². The Morgan fingerprint density at radius 2 is 1.87 bits per heavy atom. The lowest BCUT2D eigenvalue weighted by Crippen LogP contribution is -2.53. The number of benzene rings is 1. The number of nitrogens with zero attached hydrogens (tertiary/aromatic N) is 3. The van der Waals surface area contributed by atoms with E-state index >= 15 is 0 Å². The van der Waals surface area contributed by atoms with Crippen LogP contribution in [0, 0.1) is 13.8 Å². The Morgan fingerprint density at radius 3 is 2.55 bits per heavy atom. The van der Waals surface area contributed by atoms with Crippen molar-refractivity contribution in [3.63, 3.8) is 0 Å². The van der Waals surface area contributed by atoms with E-state index in [2.05, 4.69) is 10.1 Å². The van der Waals surface area contributed by atoms with E-state index < -0.39 is 5.60 Å². The van der Waals surface area contributed by atoms with Crippen molar-refractivity contribution in [2.75, 3.05) is 45.9 Å². The highest BCUT2D eigenvalue weighted by molar-refractivity contribution is 7.98. The standard InChI is InChI=1S/C23H31N3O4S/c1-17-20(18(2)30-24-17)15-31-21-6-4-3-5-19(21)22(27)26-9-7-23(28,8-10-26)16-25-11-13-29-14-12-25/h3-6,28H,7-16H2,1-2H3. The van der Waals surface area contributed by atoms with Crippen LogP contribution in [0.1, 0.15) is 40.2 Å². The minimum absolute atomic E-state index is 0.0373. The number of ether oxygens (including phenoxy) is 1. The molecule has 0 atom stereocenters. The molecule has 0 spiro atoms. The number of thioether (sulfide) groups is 1. The zero-order valence-corrected chi connectivity index (χ0v) is 19.1. The zero-order chi connectivity index (χ0) is 21.8. The van der Waals surface area contributed by atoms with Crippen LogP contribution in [0.25, 0.3) is 0 Å². The van der Waals surface area contributed by atoms with Gasteiger partial charge in [-0.2, -0.15) is 0 Å². The largest absolute Gasteiger partial charge is 0.388 e. The topological polar surface area (TPSA) is 79.0 Å². The van der Waals surface area contributed by atoms with Gasteiger partial charge in [0.1, 0.15) is 5.76 Å². The lowest BCUT2D eigenvalue weighted by molar-refractivity contribution is -0.0599. The number of β-amino-alcohol motifs (C(OH)–C–C–N with tert-alkyl or cyclic N) is 1. The first-order valence-electron chi connectivity index (χ1n) is 10.9. The van der Waals surface area contributed by atoms with Crippen LogP contribution >= 0.6 is 11.8 Å². The highest BCUT2D eigenvalue weighted by Gasteiger charge is 2.36. The fourth-order valence-electron chi connectivity index (χ4n) is 4.26. The van der Waals surface area contributed by atoms with Gasteiger partial charge >= 0.3 is 0 Å². The van der Waals surface area contributed by atoms with Gasteiger partial charge in [0.15, 0.2) is 0 Å². The number of aliphatic hydroxyl groups is 1. The van der Waals surface area contributed by atoms with Crippen molar-refractivity contribution in [1.82, 2.24) is 15.0 Å². The Hall–Kier alpha value is -1.87. The maximum Gasteiger partial charge on any atom is 0.254 e. The van der Waals surface area contributed by atoms with E-state index in [1.807, 2.05) is 43.0 Å². The zero-order valence-electron chi connectivity index (χ0n) is 18.3. The van der Waals surface area contributed by atoms with E-state index in [-0.39, 0.29) is 5.91 Å². The maximum atomic E-state index is 13.3. The molecule has 1 aromatic carbocycles. The SMILES string of the molecule is Cc1noc(C)c1CSc1ccccc1C(=O)N1CCC(O)(CN2CCOCC2)CC1. The molecule has 7 nitrogen and oxygen atoms in total. The summed E-state index contributed by atoms with van der Waals surface area (Å²) < 4.78 is 10.7. The molecule has 0 radical (unpaired) electrons. The summed E-state index contributed by atoms with van der Waals surface area (Å²) in [6.45, 7) is 8.83. The molecule has 1 N–H and O–H groups in total. The monoisotopic (exact) mass is 445 g/mol. The van der Waals surface area contributed by atoms with Gasteiger partial charge in [-0.15, -0.1) is 11.8 Å². The molecule has 3 heterocycles. The minimum atomic E-state index is -0.730. The molecule has 1 aromatic heterocycles. The molecule has 2 aromatic rings. The van der Waals surface area contributed by atoms with Gasteiger partial charge in [-0.05, 0) is 38.8 Å². The smallest absolute Gasteiger partial charge is 0.254 e. The van der Waals surface area contributed by atoms with Gasteiger partial charge < -0.3 is 19.3 Å². The van der Waals surface area contributed by atoms with Gasteiger partial charge in [0.25, 0.3) is 5.91 Å². The number of amides is 1. The highest BCUT2D eigenvalue weighted by Crippen LogP contribution is 2.31. The van der Waals surface area contributed by atoms with Crippen LogP contribution in [0.5, 0.6) is 0 Å². The van der Waals surface area contributed by atoms with Crippen LogP contribution in [0.4, 0.5) is 0 Å². The first kappa shape index (κ1) is 22.3. The third kappa shape index (κ3) is 5.31. The Kier molecular flexibility index (Phi) is 7.01. The number of piperidine rings is 1. The van der Waals surface area contributed by atoms with E-state index in [4.69, 9.17) is 9.26 Å². The summed E-state index contributed by atoms with van der Waals surface area (Å²) >= 11 is 1.63. The fraction of sp³-hybridized carbons (Fsp3) is 0.565. The molecule has 31 heavy (non-hydrogen) atoms. The quantitative estimate of drug-likeness (QED) is 0.685. The molecular formula is C23H31N3O4S. The number of hydrogen-bond acceptors (Lipinski definition) is 7. The summed E-state index contributed by atoms with van der Waals surface area (Å²) in [6, 6.07) is 7.76. The second kappa shape index (κ2) is 9.73. The summed E-state index contributed by atoms with van der Waals surface area (Å²) in [7, 11) is 0. The van der Waals surface area contributed by atoms with Crippen molar-refractivity contribution in [3.8, 4) is 0 Å². The molecule has 4 rings (SSSR count). The van der Waals surface area contributed by atoms with Crippen molar-refractivity contribution in [3.05, 3.63) is 46.8 Å². The number of carbonyl (C=O) groups is 1. The van der Waals surface area contributed by atoms with Gasteiger partial charge in [-0.25, -0.2) is 0 Å². The van der Waals surface area contributed by atoms with Gasteiger partial charge in [-0.3, -0.25) is 9.69 Å². The molecular weight excluding hydrogens is 414 g/mol. The molecule has 2 saturated heterocycles. The lowest BCUT2D eigenvalue weighted by atomic mass is 9.90. The summed E-state index contributed by atoms with van der Waals surface area (Å²) in [5.41, 5.74) is 1.96. The van der Waals surface area contributed by atoms with Gasteiger partial charge in [0.2, 0.25) is 0 Å². The molecule has 0 unspecified atom stereocenters. The normalized spacial score (nSPS) is 19.5. The number of rotatable bonds is 6. The molecule has 0 bridgehead atoms. The highest BCUT2D eigenvalue weighted by atomic mass is 32.2. The van der Waals surface area contributed by atoms with Crippen LogP contribution in [-0.4, -0.2) is 77.5 Å². The Morgan fingerprint density at radius 1 is 1.16 bits per heavy atom. The fourth-order valence-corrected chi connectivity index (χ4v) is 5.45. The summed E-state index contributed by atoms with van der Waals surface area (Å²) in [4.78, 5) is 18.4. The van der Waals surface area contributed by atoms with Crippen molar-refractivity contribution in [1.29, 1.82) is 0 Å². The first-order chi connectivity index (χ1) is 15.0. The molecule has 2 aliphatic heterocycles. The second-order valence-electron chi connectivity index (χ2n) is 8.49. The van der Waals surface area contributed by atoms with Crippen LogP contribution in [0.3, 0.4) is 0 Å². The second-order valence-corrected chi connectivity index (χ2v) is 9.51.